The van der Waals surface area contributed by atoms with Crippen molar-refractivity contribution in [3.8, 4) is 17.4 Å². The van der Waals surface area contributed by atoms with E-state index in [1.54, 1.807) is 0 Å². The largest absolute Gasteiger partial charge is 0.494 e. The summed E-state index contributed by atoms with van der Waals surface area (Å²) in [4.78, 5) is 8.39. The predicted octanol–water partition coefficient (Wildman–Crippen LogP) is 3.63. The SMILES string of the molecule is [CH2]COc1ccc(Oc2ncnc3ccccc23)cc1. The molecule has 0 aliphatic carbocycles. The van der Waals surface area contributed by atoms with Gasteiger partial charge in [-0.25, -0.2) is 9.97 Å². The molecule has 99 valence electrons. The number of nitrogens with zero attached hydrogens (tertiary/aromatic N) is 2. The molecule has 4 heteroatoms. The summed E-state index contributed by atoms with van der Waals surface area (Å²) >= 11 is 0. The first-order valence-corrected chi connectivity index (χ1v) is 6.26. The van der Waals surface area contributed by atoms with Gasteiger partial charge in [0, 0.05) is 0 Å². The van der Waals surface area contributed by atoms with E-state index in [0.29, 0.717) is 18.2 Å². The molecule has 0 aliphatic heterocycles. The topological polar surface area (TPSA) is 44.2 Å². The van der Waals surface area contributed by atoms with Crippen LogP contribution in [0.25, 0.3) is 10.9 Å². The molecule has 1 aromatic heterocycles. The standard InChI is InChI=1S/C16H13N2O2/c1-2-19-12-7-9-13(10-8-12)20-16-14-5-3-4-6-15(14)17-11-18-16/h3-11H,1-2H2. The molecule has 0 unspecified atom stereocenters. The van der Waals surface area contributed by atoms with E-state index < -0.39 is 0 Å². The molecule has 1 heterocycles. The summed E-state index contributed by atoms with van der Waals surface area (Å²) in [5, 5.41) is 0.882. The van der Waals surface area contributed by atoms with Gasteiger partial charge in [0.2, 0.25) is 5.88 Å². The lowest BCUT2D eigenvalue weighted by atomic mass is 10.2. The first-order chi connectivity index (χ1) is 9.86. The Bertz CT molecular complexity index is 706. The number of fused-ring (bicyclic) bond motifs is 1. The van der Waals surface area contributed by atoms with Crippen LogP contribution in [0.2, 0.25) is 0 Å². The van der Waals surface area contributed by atoms with Crippen LogP contribution in [-0.2, 0) is 0 Å². The molecule has 2 aromatic carbocycles. The van der Waals surface area contributed by atoms with Crippen LogP contribution in [0.15, 0.2) is 54.9 Å². The minimum absolute atomic E-state index is 0.400. The van der Waals surface area contributed by atoms with Crippen molar-refractivity contribution in [2.45, 2.75) is 0 Å². The molecule has 0 saturated carbocycles. The van der Waals surface area contributed by atoms with Crippen LogP contribution in [0.3, 0.4) is 0 Å². The van der Waals surface area contributed by atoms with E-state index in [9.17, 15) is 0 Å². The maximum absolute atomic E-state index is 5.80. The second-order valence-electron chi connectivity index (χ2n) is 4.12. The Morgan fingerprint density at radius 1 is 0.900 bits per heavy atom. The van der Waals surface area contributed by atoms with Crippen molar-refractivity contribution in [2.24, 2.45) is 0 Å². The van der Waals surface area contributed by atoms with E-state index in [0.717, 1.165) is 16.7 Å². The maximum atomic E-state index is 5.80. The molecule has 0 amide bonds. The second kappa shape index (κ2) is 5.57. The number of para-hydroxylation sites is 1. The summed E-state index contributed by atoms with van der Waals surface area (Å²) in [7, 11) is 0. The van der Waals surface area contributed by atoms with Crippen molar-refractivity contribution in [3.63, 3.8) is 0 Å². The molecule has 20 heavy (non-hydrogen) atoms. The highest BCUT2D eigenvalue weighted by molar-refractivity contribution is 5.83. The van der Waals surface area contributed by atoms with Gasteiger partial charge in [0.25, 0.3) is 0 Å². The van der Waals surface area contributed by atoms with Gasteiger partial charge in [0.05, 0.1) is 17.5 Å². The molecule has 0 bridgehead atoms. The van der Waals surface area contributed by atoms with Gasteiger partial charge >= 0.3 is 0 Å². The zero-order valence-electron chi connectivity index (χ0n) is 10.8. The summed E-state index contributed by atoms with van der Waals surface area (Å²) < 4.78 is 11.1. The van der Waals surface area contributed by atoms with Gasteiger partial charge in [-0.15, -0.1) is 0 Å². The summed E-state index contributed by atoms with van der Waals surface area (Å²) in [6.45, 7) is 4.03. The van der Waals surface area contributed by atoms with Crippen LogP contribution in [0.4, 0.5) is 0 Å². The molecule has 1 radical (unpaired) electrons. The van der Waals surface area contributed by atoms with Crippen molar-refractivity contribution < 1.29 is 9.47 Å². The monoisotopic (exact) mass is 265 g/mol. The van der Waals surface area contributed by atoms with Crippen molar-refractivity contribution in [1.82, 2.24) is 9.97 Å². The fourth-order valence-corrected chi connectivity index (χ4v) is 1.89. The van der Waals surface area contributed by atoms with Gasteiger partial charge in [-0.1, -0.05) is 12.1 Å². The normalized spacial score (nSPS) is 10.4. The van der Waals surface area contributed by atoms with Gasteiger partial charge in [-0.3, -0.25) is 0 Å². The minimum Gasteiger partial charge on any atom is -0.494 e. The zero-order valence-corrected chi connectivity index (χ0v) is 10.8. The fraction of sp³-hybridized carbons (Fsp3) is 0.0625. The number of ether oxygens (including phenoxy) is 2. The lowest BCUT2D eigenvalue weighted by molar-refractivity contribution is 0.360. The highest BCUT2D eigenvalue weighted by Gasteiger charge is 2.05. The Kier molecular flexibility index (Phi) is 3.46. The Morgan fingerprint density at radius 3 is 2.45 bits per heavy atom. The van der Waals surface area contributed by atoms with E-state index in [1.807, 2.05) is 48.5 Å². The van der Waals surface area contributed by atoms with E-state index in [-0.39, 0.29) is 0 Å². The summed E-state index contributed by atoms with van der Waals surface area (Å²) in [5.74, 6) is 2.01. The minimum atomic E-state index is 0.400. The molecule has 0 fully saturated rings. The predicted molar refractivity (Wildman–Crippen MR) is 76.9 cm³/mol. The summed E-state index contributed by atoms with van der Waals surface area (Å²) in [5.41, 5.74) is 0.856. The molecule has 0 saturated heterocycles. The van der Waals surface area contributed by atoms with Crippen LogP contribution in [0.5, 0.6) is 17.4 Å². The van der Waals surface area contributed by atoms with Gasteiger partial charge in [-0.05, 0) is 43.3 Å². The number of benzene rings is 2. The van der Waals surface area contributed by atoms with Crippen molar-refractivity contribution >= 4 is 10.9 Å². The van der Waals surface area contributed by atoms with Crippen molar-refractivity contribution in [1.29, 1.82) is 0 Å². The smallest absolute Gasteiger partial charge is 0.230 e. The highest BCUT2D eigenvalue weighted by Crippen LogP contribution is 2.27. The van der Waals surface area contributed by atoms with Crippen LogP contribution < -0.4 is 9.47 Å². The van der Waals surface area contributed by atoms with Crippen molar-refractivity contribution in [3.05, 3.63) is 61.8 Å². The molecule has 4 nitrogen and oxygen atoms in total. The van der Waals surface area contributed by atoms with Crippen LogP contribution in [0.1, 0.15) is 0 Å². The van der Waals surface area contributed by atoms with Gasteiger partial charge in [-0.2, -0.15) is 0 Å². The molecule has 0 N–H and O–H groups in total. The molecule has 3 aromatic rings. The quantitative estimate of drug-likeness (QED) is 0.722. The first kappa shape index (κ1) is 12.4. The average molecular weight is 265 g/mol. The Labute approximate surface area is 117 Å². The molecule has 0 aliphatic rings. The van der Waals surface area contributed by atoms with Gasteiger partial charge in [0.15, 0.2) is 0 Å². The van der Waals surface area contributed by atoms with Crippen molar-refractivity contribution in [2.75, 3.05) is 6.61 Å². The van der Waals surface area contributed by atoms with E-state index in [2.05, 4.69) is 16.9 Å². The average Bonchev–Trinajstić information content (AvgIpc) is 2.50. The maximum Gasteiger partial charge on any atom is 0.230 e. The van der Waals surface area contributed by atoms with E-state index in [1.165, 1.54) is 6.33 Å². The third kappa shape index (κ3) is 2.54. The van der Waals surface area contributed by atoms with E-state index >= 15 is 0 Å². The zero-order chi connectivity index (χ0) is 13.8. The Balaban J connectivity index is 1.89. The first-order valence-electron chi connectivity index (χ1n) is 6.26. The molecular weight excluding hydrogens is 252 g/mol. The summed E-state index contributed by atoms with van der Waals surface area (Å²) in [6.07, 6.45) is 1.50. The Morgan fingerprint density at radius 2 is 1.65 bits per heavy atom. The highest BCUT2D eigenvalue weighted by atomic mass is 16.5. The number of rotatable bonds is 4. The van der Waals surface area contributed by atoms with Crippen LogP contribution in [0, 0.1) is 6.92 Å². The lowest BCUT2D eigenvalue weighted by Crippen LogP contribution is -1.93. The second-order valence-corrected chi connectivity index (χ2v) is 4.12. The third-order valence-corrected chi connectivity index (χ3v) is 2.81. The van der Waals surface area contributed by atoms with E-state index in [4.69, 9.17) is 9.47 Å². The molecule has 0 atom stereocenters. The lowest BCUT2D eigenvalue weighted by Gasteiger charge is -2.08. The van der Waals surface area contributed by atoms with Crippen LogP contribution in [-0.4, -0.2) is 16.6 Å². The fourth-order valence-electron chi connectivity index (χ4n) is 1.89. The Hall–Kier alpha value is -2.62. The summed E-state index contributed by atoms with van der Waals surface area (Å²) in [6, 6.07) is 15.1. The molecule has 0 spiro atoms. The number of aromatic nitrogens is 2. The third-order valence-electron chi connectivity index (χ3n) is 2.81. The number of hydrogen-bond donors (Lipinski definition) is 0. The molecule has 3 rings (SSSR count). The van der Waals surface area contributed by atoms with Crippen LogP contribution >= 0.6 is 0 Å². The molecular formula is C16H13N2O2. The number of hydrogen-bond acceptors (Lipinski definition) is 4. The van der Waals surface area contributed by atoms with Gasteiger partial charge < -0.3 is 9.47 Å². The van der Waals surface area contributed by atoms with Gasteiger partial charge in [0.1, 0.15) is 17.8 Å².